The number of nitrogens with one attached hydrogen (secondary N) is 1. The Morgan fingerprint density at radius 2 is 1.07 bits per heavy atom. The fourth-order valence-electron chi connectivity index (χ4n) is 7.16. The number of hydrogen-bond donors (Lipinski definition) is 3. The number of nitrogens with zero attached hydrogens (tertiary/aromatic N) is 3. The van der Waals surface area contributed by atoms with Gasteiger partial charge in [0, 0.05) is 13.1 Å². The van der Waals surface area contributed by atoms with E-state index in [0.717, 1.165) is 38.5 Å². The number of sulfonamides is 1. The number of carbonyl (C=O) groups excluding carboxylic acids is 1. The molecule has 3 aromatic carbocycles. The van der Waals surface area contributed by atoms with E-state index in [1.807, 2.05) is 4.90 Å². The van der Waals surface area contributed by atoms with Crippen LogP contribution >= 0.6 is 11.6 Å². The third kappa shape index (κ3) is 15.9. The Morgan fingerprint density at radius 1 is 0.632 bits per heavy atom. The normalized spacial score (nSPS) is 11.8. The predicted molar refractivity (Wildman–Crippen MR) is 236 cm³/mol. The number of azo groups is 1. The van der Waals surface area contributed by atoms with Crippen molar-refractivity contribution in [3.63, 3.8) is 0 Å². The Morgan fingerprint density at radius 3 is 1.54 bits per heavy atom. The standard InChI is InChI=1S/C46H69ClN4O5S/c1-6-8-10-12-14-16-18-20-22-24-32-51(33-25-23-21-19-17-15-13-11-9-7-2)46(54)43-37(5)44(35(3)36(4)45(43)53)50-57(55,56)40-29-26-38(27-30-40)48-49-39-28-31-42(52)41(47)34-39/h26-31,34,50,52-53H,6-25,32-33H2,1-5H3/b49-48+. The predicted octanol–water partition coefficient (Wildman–Crippen LogP) is 14.2. The molecule has 0 fully saturated rings. The van der Waals surface area contributed by atoms with Gasteiger partial charge in [-0.05, 0) is 92.8 Å². The van der Waals surface area contributed by atoms with E-state index < -0.39 is 10.0 Å². The second-order valence-corrected chi connectivity index (χ2v) is 17.7. The van der Waals surface area contributed by atoms with Gasteiger partial charge < -0.3 is 15.1 Å². The van der Waals surface area contributed by atoms with Crippen LogP contribution < -0.4 is 4.72 Å². The second-order valence-electron chi connectivity index (χ2n) is 15.6. The number of carbonyl (C=O) groups is 1. The second kappa shape index (κ2) is 25.7. The van der Waals surface area contributed by atoms with Gasteiger partial charge in [0.15, 0.2) is 0 Å². The maximum Gasteiger partial charge on any atom is 0.261 e. The van der Waals surface area contributed by atoms with Gasteiger partial charge in [-0.25, -0.2) is 8.42 Å². The average Bonchev–Trinajstić information content (AvgIpc) is 3.20. The van der Waals surface area contributed by atoms with Gasteiger partial charge in [-0.15, -0.1) is 0 Å². The summed E-state index contributed by atoms with van der Waals surface area (Å²) in [5, 5.41) is 29.5. The highest BCUT2D eigenvalue weighted by Crippen LogP contribution is 2.38. The smallest absolute Gasteiger partial charge is 0.261 e. The maximum atomic E-state index is 14.4. The molecule has 0 aliphatic rings. The summed E-state index contributed by atoms with van der Waals surface area (Å²) in [5.74, 6) is -0.418. The molecule has 0 unspecified atom stereocenters. The van der Waals surface area contributed by atoms with Crippen LogP contribution in [0.1, 0.15) is 169 Å². The molecule has 0 spiro atoms. The molecule has 0 atom stereocenters. The summed E-state index contributed by atoms with van der Waals surface area (Å²) < 4.78 is 30.2. The molecule has 316 valence electrons. The summed E-state index contributed by atoms with van der Waals surface area (Å²) in [5.41, 5.74) is 2.71. The van der Waals surface area contributed by atoms with Crippen molar-refractivity contribution in [2.75, 3.05) is 17.8 Å². The van der Waals surface area contributed by atoms with Crippen LogP contribution in [0.3, 0.4) is 0 Å². The Balaban J connectivity index is 1.73. The van der Waals surface area contributed by atoms with Crippen molar-refractivity contribution >= 4 is 44.6 Å². The van der Waals surface area contributed by atoms with E-state index in [2.05, 4.69) is 28.8 Å². The molecule has 0 saturated heterocycles. The minimum atomic E-state index is -4.08. The summed E-state index contributed by atoms with van der Waals surface area (Å²) in [6.07, 6.45) is 24.1. The van der Waals surface area contributed by atoms with Gasteiger partial charge in [0.2, 0.25) is 0 Å². The molecule has 0 aliphatic heterocycles. The van der Waals surface area contributed by atoms with Crippen molar-refractivity contribution < 1.29 is 23.4 Å². The van der Waals surface area contributed by atoms with E-state index in [1.54, 1.807) is 26.8 Å². The lowest BCUT2D eigenvalue weighted by atomic mass is 9.95. The van der Waals surface area contributed by atoms with Crippen LogP contribution in [-0.4, -0.2) is 42.5 Å². The number of halogens is 1. The first-order valence-corrected chi connectivity index (χ1v) is 23.4. The molecule has 9 nitrogen and oxygen atoms in total. The van der Waals surface area contributed by atoms with Crippen LogP contribution in [0, 0.1) is 20.8 Å². The van der Waals surface area contributed by atoms with Crippen molar-refractivity contribution in [3.8, 4) is 11.5 Å². The molecule has 3 rings (SSSR count). The van der Waals surface area contributed by atoms with E-state index in [4.69, 9.17) is 11.6 Å². The SMILES string of the molecule is CCCCCCCCCCCCN(CCCCCCCCCCCC)C(=O)c1c(C)c(NS(=O)(=O)c2ccc(/N=N/c3ccc(O)c(Cl)c3)cc2)c(C)c(C)c1O. The lowest BCUT2D eigenvalue weighted by molar-refractivity contribution is 0.0745. The molecule has 0 aliphatic carbocycles. The van der Waals surface area contributed by atoms with Crippen molar-refractivity contribution in [2.45, 2.75) is 168 Å². The van der Waals surface area contributed by atoms with E-state index in [9.17, 15) is 23.4 Å². The van der Waals surface area contributed by atoms with Gasteiger partial charge >= 0.3 is 0 Å². The molecular formula is C46H69ClN4O5S. The van der Waals surface area contributed by atoms with E-state index in [-0.39, 0.29) is 32.9 Å². The zero-order valence-corrected chi connectivity index (χ0v) is 36.9. The number of rotatable bonds is 28. The number of unbranched alkanes of at least 4 members (excludes halogenated alkanes) is 18. The molecule has 1 amide bonds. The lowest BCUT2D eigenvalue weighted by Gasteiger charge is -2.26. The number of anilines is 1. The maximum absolute atomic E-state index is 14.4. The summed E-state index contributed by atoms with van der Waals surface area (Å²) >= 11 is 5.96. The highest BCUT2D eigenvalue weighted by Gasteiger charge is 2.28. The van der Waals surface area contributed by atoms with Gasteiger partial charge in [-0.1, -0.05) is 141 Å². The van der Waals surface area contributed by atoms with Gasteiger partial charge in [0.1, 0.15) is 11.5 Å². The molecular weight excluding hydrogens is 756 g/mol. The average molecular weight is 826 g/mol. The number of hydrogen-bond acceptors (Lipinski definition) is 7. The largest absolute Gasteiger partial charge is 0.507 e. The van der Waals surface area contributed by atoms with Crippen LogP contribution in [0.5, 0.6) is 11.5 Å². The zero-order valence-electron chi connectivity index (χ0n) is 35.3. The van der Waals surface area contributed by atoms with Crippen LogP contribution in [0.2, 0.25) is 5.02 Å². The summed E-state index contributed by atoms with van der Waals surface area (Å²) in [6, 6.07) is 10.4. The van der Waals surface area contributed by atoms with Crippen LogP contribution in [0.25, 0.3) is 0 Å². The Bertz CT molecular complexity index is 1790. The Kier molecular flexibility index (Phi) is 21.5. The Labute approximate surface area is 348 Å². The molecule has 3 N–H and O–H groups in total. The minimum Gasteiger partial charge on any atom is -0.507 e. The zero-order chi connectivity index (χ0) is 41.6. The molecule has 0 saturated carbocycles. The Hall–Kier alpha value is -3.63. The first kappa shape index (κ1) is 47.7. The summed E-state index contributed by atoms with van der Waals surface area (Å²) in [4.78, 5) is 16.3. The van der Waals surface area contributed by atoms with Crippen molar-refractivity contribution in [2.24, 2.45) is 10.2 Å². The number of aromatic hydroxyl groups is 2. The number of benzene rings is 3. The van der Waals surface area contributed by atoms with E-state index in [0.29, 0.717) is 46.8 Å². The highest BCUT2D eigenvalue weighted by molar-refractivity contribution is 7.92. The third-order valence-corrected chi connectivity index (χ3v) is 12.6. The van der Waals surface area contributed by atoms with Crippen molar-refractivity contribution in [1.82, 2.24) is 4.90 Å². The molecule has 0 heterocycles. The summed E-state index contributed by atoms with van der Waals surface area (Å²) in [7, 11) is -4.08. The topological polar surface area (TPSA) is 132 Å². The van der Waals surface area contributed by atoms with Gasteiger partial charge in [-0.2, -0.15) is 10.2 Å². The van der Waals surface area contributed by atoms with Gasteiger partial charge in [0.05, 0.1) is 32.5 Å². The molecule has 11 heteroatoms. The fourth-order valence-corrected chi connectivity index (χ4v) is 8.53. The number of phenols is 2. The quantitative estimate of drug-likeness (QED) is 0.0381. The van der Waals surface area contributed by atoms with Crippen molar-refractivity contribution in [1.29, 1.82) is 0 Å². The molecule has 0 bridgehead atoms. The number of amides is 1. The molecule has 57 heavy (non-hydrogen) atoms. The third-order valence-electron chi connectivity index (χ3n) is 10.9. The van der Waals surface area contributed by atoms with Crippen LogP contribution in [0.15, 0.2) is 57.6 Å². The minimum absolute atomic E-state index is 0.00933. The van der Waals surface area contributed by atoms with Gasteiger partial charge in [0.25, 0.3) is 15.9 Å². The van der Waals surface area contributed by atoms with Gasteiger partial charge in [-0.3, -0.25) is 9.52 Å². The first-order chi connectivity index (χ1) is 27.4. The van der Waals surface area contributed by atoms with Crippen molar-refractivity contribution in [3.05, 3.63) is 69.7 Å². The fraction of sp³-hybridized carbons (Fsp3) is 0.587. The first-order valence-electron chi connectivity index (χ1n) is 21.6. The summed E-state index contributed by atoms with van der Waals surface area (Å²) in [6.45, 7) is 10.9. The van der Waals surface area contributed by atoms with E-state index >= 15 is 0 Å². The molecule has 3 aromatic rings. The monoisotopic (exact) mass is 824 g/mol. The molecule has 0 radical (unpaired) electrons. The van der Waals surface area contributed by atoms with Crippen LogP contribution in [-0.2, 0) is 10.0 Å². The van der Waals surface area contributed by atoms with E-state index in [1.165, 1.54) is 126 Å². The lowest BCUT2D eigenvalue weighted by Crippen LogP contribution is -2.34. The molecule has 0 aromatic heterocycles. The van der Waals surface area contributed by atoms with Crippen LogP contribution in [0.4, 0.5) is 17.1 Å². The number of phenolic OH excluding ortho intramolecular Hbond substituents is 2. The highest BCUT2D eigenvalue weighted by atomic mass is 35.5.